The van der Waals surface area contributed by atoms with E-state index >= 15 is 0 Å². The summed E-state index contributed by atoms with van der Waals surface area (Å²) >= 11 is 0. The molecule has 1 aromatic heterocycles. The molecular weight excluding hydrogens is 386 g/mol. The first-order chi connectivity index (χ1) is 15.2. The van der Waals surface area contributed by atoms with Crippen molar-refractivity contribution in [1.29, 1.82) is 0 Å². The Hall–Kier alpha value is -2.82. The second-order valence-electron chi connectivity index (χ2n) is 8.89. The number of para-hydroxylation sites is 2. The standard InChI is InChI=1S/C26H31N3O2/c1-2-21(19-9-4-3-5-10-19)23-12-8-16-29(23)25(30)20-14-17-28(18-15-20)26-27-22-11-6-7-13-24(22)31-26/h3-7,9-11,13,20-21,23H,2,8,12,14-18H2,1H3/t21-,23+/m1/s1. The summed E-state index contributed by atoms with van der Waals surface area (Å²) in [5, 5.41) is 0. The Balaban J connectivity index is 1.25. The highest BCUT2D eigenvalue weighted by atomic mass is 16.4. The largest absolute Gasteiger partial charge is 0.423 e. The quantitative estimate of drug-likeness (QED) is 0.570. The zero-order valence-electron chi connectivity index (χ0n) is 18.2. The Morgan fingerprint density at radius 1 is 1.03 bits per heavy atom. The van der Waals surface area contributed by atoms with Gasteiger partial charge in [-0.05, 0) is 49.8 Å². The molecular formula is C26H31N3O2. The van der Waals surface area contributed by atoms with Crippen molar-refractivity contribution in [2.45, 2.75) is 51.0 Å². The number of rotatable bonds is 5. The van der Waals surface area contributed by atoms with Crippen LogP contribution in [0.1, 0.15) is 50.5 Å². The number of nitrogens with zero attached hydrogens (tertiary/aromatic N) is 3. The van der Waals surface area contributed by atoms with E-state index in [0.29, 0.717) is 23.9 Å². The molecule has 0 aliphatic carbocycles. The molecule has 0 saturated carbocycles. The van der Waals surface area contributed by atoms with Crippen LogP contribution in [-0.4, -0.2) is 41.5 Å². The smallest absolute Gasteiger partial charge is 0.298 e. The van der Waals surface area contributed by atoms with Gasteiger partial charge in [-0.1, -0.05) is 49.4 Å². The van der Waals surface area contributed by atoms with Crippen LogP contribution in [0, 0.1) is 5.92 Å². The number of carbonyl (C=O) groups excluding carboxylic acids is 1. The molecule has 3 aromatic rings. The fourth-order valence-electron chi connectivity index (χ4n) is 5.46. The van der Waals surface area contributed by atoms with E-state index in [2.05, 4.69) is 52.0 Å². The van der Waals surface area contributed by atoms with E-state index in [4.69, 9.17) is 4.42 Å². The molecule has 0 N–H and O–H groups in total. The minimum absolute atomic E-state index is 0.106. The number of oxazole rings is 1. The average Bonchev–Trinajstić information content (AvgIpc) is 3.47. The lowest BCUT2D eigenvalue weighted by Crippen LogP contribution is -2.46. The summed E-state index contributed by atoms with van der Waals surface area (Å²) < 4.78 is 5.93. The maximum absolute atomic E-state index is 13.5. The van der Waals surface area contributed by atoms with Crippen LogP contribution >= 0.6 is 0 Å². The van der Waals surface area contributed by atoms with Gasteiger partial charge in [0.2, 0.25) is 5.91 Å². The van der Waals surface area contributed by atoms with Crippen LogP contribution in [0.2, 0.25) is 0 Å². The minimum Gasteiger partial charge on any atom is -0.423 e. The summed E-state index contributed by atoms with van der Waals surface area (Å²) in [5.41, 5.74) is 3.07. The molecule has 2 aromatic carbocycles. The van der Waals surface area contributed by atoms with Crippen LogP contribution in [0.4, 0.5) is 6.01 Å². The molecule has 2 saturated heterocycles. The lowest BCUT2D eigenvalue weighted by atomic mass is 9.86. The van der Waals surface area contributed by atoms with Crippen molar-refractivity contribution < 1.29 is 9.21 Å². The van der Waals surface area contributed by atoms with Crippen LogP contribution in [0.15, 0.2) is 59.0 Å². The third-order valence-corrected chi connectivity index (χ3v) is 7.11. The fourth-order valence-corrected chi connectivity index (χ4v) is 5.46. The zero-order valence-corrected chi connectivity index (χ0v) is 18.2. The van der Waals surface area contributed by atoms with Crippen LogP contribution in [0.25, 0.3) is 11.1 Å². The number of benzene rings is 2. The number of aromatic nitrogens is 1. The Labute approximate surface area is 184 Å². The Morgan fingerprint density at radius 3 is 2.52 bits per heavy atom. The first kappa shape index (κ1) is 20.1. The first-order valence-electron chi connectivity index (χ1n) is 11.7. The summed E-state index contributed by atoms with van der Waals surface area (Å²) in [7, 11) is 0. The average molecular weight is 418 g/mol. The van der Waals surface area contributed by atoms with Crippen LogP contribution in [0.3, 0.4) is 0 Å². The molecule has 2 aliphatic heterocycles. The lowest BCUT2D eigenvalue weighted by Gasteiger charge is -2.36. The summed E-state index contributed by atoms with van der Waals surface area (Å²) in [6, 6.07) is 19.6. The molecule has 2 fully saturated rings. The maximum Gasteiger partial charge on any atom is 0.298 e. The highest BCUT2D eigenvalue weighted by Crippen LogP contribution is 2.36. The number of hydrogen-bond donors (Lipinski definition) is 0. The van der Waals surface area contributed by atoms with Gasteiger partial charge < -0.3 is 14.2 Å². The van der Waals surface area contributed by atoms with Crippen molar-refractivity contribution >= 4 is 23.0 Å². The fraction of sp³-hybridized carbons (Fsp3) is 0.462. The number of hydrogen-bond acceptors (Lipinski definition) is 4. The van der Waals surface area contributed by atoms with E-state index < -0.39 is 0 Å². The van der Waals surface area contributed by atoms with Crippen molar-refractivity contribution in [2.24, 2.45) is 5.92 Å². The topological polar surface area (TPSA) is 49.6 Å². The molecule has 31 heavy (non-hydrogen) atoms. The van der Waals surface area contributed by atoms with Gasteiger partial charge in [0.15, 0.2) is 5.58 Å². The van der Waals surface area contributed by atoms with Gasteiger partial charge in [0, 0.05) is 37.5 Å². The summed E-state index contributed by atoms with van der Waals surface area (Å²) in [5.74, 6) is 0.885. The molecule has 0 unspecified atom stereocenters. The summed E-state index contributed by atoms with van der Waals surface area (Å²) in [6.45, 7) is 4.78. The number of anilines is 1. The molecule has 162 valence electrons. The SMILES string of the molecule is CC[C@H](c1ccccc1)[C@@H]1CCCN1C(=O)C1CCN(c2nc3ccccc3o2)CC1. The van der Waals surface area contributed by atoms with Crippen LogP contribution in [0.5, 0.6) is 0 Å². The van der Waals surface area contributed by atoms with E-state index in [0.717, 1.165) is 62.8 Å². The van der Waals surface area contributed by atoms with Gasteiger partial charge in [0.05, 0.1) is 0 Å². The lowest BCUT2D eigenvalue weighted by molar-refractivity contribution is -0.137. The number of likely N-dealkylation sites (tertiary alicyclic amines) is 1. The monoisotopic (exact) mass is 417 g/mol. The van der Waals surface area contributed by atoms with E-state index in [9.17, 15) is 4.79 Å². The summed E-state index contributed by atoms with van der Waals surface area (Å²) in [4.78, 5) is 22.5. The second-order valence-corrected chi connectivity index (χ2v) is 8.89. The predicted molar refractivity (Wildman–Crippen MR) is 123 cm³/mol. The zero-order chi connectivity index (χ0) is 21.2. The second kappa shape index (κ2) is 8.74. The molecule has 2 atom stereocenters. The number of amides is 1. The molecule has 0 radical (unpaired) electrons. The third-order valence-electron chi connectivity index (χ3n) is 7.11. The Kier molecular flexibility index (Phi) is 5.66. The predicted octanol–water partition coefficient (Wildman–Crippen LogP) is 5.23. The Morgan fingerprint density at radius 2 is 1.77 bits per heavy atom. The minimum atomic E-state index is 0.106. The molecule has 5 nitrogen and oxygen atoms in total. The highest BCUT2D eigenvalue weighted by molar-refractivity contribution is 5.80. The van der Waals surface area contributed by atoms with Crippen molar-refractivity contribution in [3.8, 4) is 0 Å². The molecule has 0 bridgehead atoms. The summed E-state index contributed by atoms with van der Waals surface area (Å²) in [6.07, 6.45) is 5.02. The number of fused-ring (bicyclic) bond motifs is 1. The van der Waals surface area contributed by atoms with Crippen LogP contribution < -0.4 is 4.90 Å². The molecule has 5 heteroatoms. The molecule has 3 heterocycles. The molecule has 2 aliphatic rings. The van der Waals surface area contributed by atoms with Gasteiger partial charge in [-0.3, -0.25) is 4.79 Å². The van der Waals surface area contributed by atoms with Gasteiger partial charge in [0.1, 0.15) is 5.52 Å². The van der Waals surface area contributed by atoms with Gasteiger partial charge in [-0.15, -0.1) is 0 Å². The Bertz CT molecular complexity index is 990. The molecule has 1 amide bonds. The highest BCUT2D eigenvalue weighted by Gasteiger charge is 2.38. The third kappa shape index (κ3) is 3.93. The first-order valence-corrected chi connectivity index (χ1v) is 11.7. The van der Waals surface area contributed by atoms with E-state index in [-0.39, 0.29) is 5.92 Å². The maximum atomic E-state index is 13.5. The van der Waals surface area contributed by atoms with Crippen LogP contribution in [-0.2, 0) is 4.79 Å². The molecule has 0 spiro atoms. The van der Waals surface area contributed by atoms with Gasteiger partial charge >= 0.3 is 0 Å². The van der Waals surface area contributed by atoms with Crippen molar-refractivity contribution in [2.75, 3.05) is 24.5 Å². The van der Waals surface area contributed by atoms with Crippen molar-refractivity contribution in [3.05, 3.63) is 60.2 Å². The van der Waals surface area contributed by atoms with E-state index in [1.54, 1.807) is 0 Å². The number of carbonyl (C=O) groups is 1. The number of piperidine rings is 1. The normalized spacial score (nSPS) is 21.0. The van der Waals surface area contributed by atoms with Gasteiger partial charge in [0.25, 0.3) is 6.01 Å². The molecule has 5 rings (SSSR count). The van der Waals surface area contributed by atoms with E-state index in [1.807, 2.05) is 24.3 Å². The van der Waals surface area contributed by atoms with Crippen molar-refractivity contribution in [1.82, 2.24) is 9.88 Å². The van der Waals surface area contributed by atoms with Gasteiger partial charge in [-0.2, -0.15) is 4.98 Å². The van der Waals surface area contributed by atoms with E-state index in [1.165, 1.54) is 5.56 Å². The van der Waals surface area contributed by atoms with Gasteiger partial charge in [-0.25, -0.2) is 0 Å². The van der Waals surface area contributed by atoms with Crippen molar-refractivity contribution in [3.63, 3.8) is 0 Å².